The fraction of sp³-hybridized carbons (Fsp3) is 0.579. The average Bonchev–Trinajstić information content (AvgIpc) is 2.51. The maximum Gasteiger partial charge on any atom is 0.137 e. The summed E-state index contributed by atoms with van der Waals surface area (Å²) in [5.74, 6) is 2.04. The Morgan fingerprint density at radius 2 is 1.77 bits per heavy atom. The molecule has 1 fully saturated rings. The van der Waals surface area contributed by atoms with Crippen molar-refractivity contribution in [1.29, 1.82) is 0 Å². The zero-order chi connectivity index (χ0) is 15.8. The minimum absolute atomic E-state index is 0.279. The molecule has 1 saturated carbocycles. The molecule has 0 bridgehead atoms. The number of carbonyl (C=O) groups is 1. The van der Waals surface area contributed by atoms with Crippen molar-refractivity contribution in [3.8, 4) is 0 Å². The van der Waals surface area contributed by atoms with E-state index >= 15 is 0 Å². The van der Waals surface area contributed by atoms with Gasteiger partial charge in [0.25, 0.3) is 0 Å². The van der Waals surface area contributed by atoms with Crippen molar-refractivity contribution in [1.82, 2.24) is 0 Å². The number of carbonyl (C=O) groups excluding carboxylic acids is 1. The minimum atomic E-state index is 0.279. The molecule has 0 spiro atoms. The summed E-state index contributed by atoms with van der Waals surface area (Å²) in [5, 5.41) is 0. The lowest BCUT2D eigenvalue weighted by atomic mass is 9.85. The van der Waals surface area contributed by atoms with Gasteiger partial charge < -0.3 is 11.5 Å². The number of unbranched alkanes of at least 4 members (excludes halogenated alkanes) is 2. The molecule has 1 aromatic rings. The molecule has 0 atom stereocenters. The maximum atomic E-state index is 12.0. The molecule has 1 aliphatic carbocycles. The third-order valence-electron chi connectivity index (χ3n) is 4.60. The number of ketones is 1. The summed E-state index contributed by atoms with van der Waals surface area (Å²) in [6.45, 7) is 0. The molecule has 0 amide bonds. The molecule has 0 unspecified atom stereocenters. The van der Waals surface area contributed by atoms with Crippen molar-refractivity contribution >= 4 is 17.2 Å². The first-order valence-electron chi connectivity index (χ1n) is 8.64. The number of Topliss-reactive ketones (excluding diaryl/α,β-unsaturated/α-hetero) is 1. The van der Waals surface area contributed by atoms with E-state index in [0.717, 1.165) is 18.4 Å². The Morgan fingerprint density at radius 3 is 2.50 bits per heavy atom. The Hall–Kier alpha value is -1.51. The summed E-state index contributed by atoms with van der Waals surface area (Å²) < 4.78 is 0. The van der Waals surface area contributed by atoms with Crippen LogP contribution in [0.15, 0.2) is 18.2 Å². The number of nitrogens with two attached hydrogens (primary N) is 2. The number of hydrogen-bond acceptors (Lipinski definition) is 3. The molecule has 0 saturated heterocycles. The predicted molar refractivity (Wildman–Crippen MR) is 93.4 cm³/mol. The summed E-state index contributed by atoms with van der Waals surface area (Å²) >= 11 is 0. The van der Waals surface area contributed by atoms with Gasteiger partial charge >= 0.3 is 0 Å². The summed E-state index contributed by atoms with van der Waals surface area (Å²) in [7, 11) is 0. The smallest absolute Gasteiger partial charge is 0.137 e. The van der Waals surface area contributed by atoms with E-state index in [1.807, 2.05) is 6.07 Å². The number of benzene rings is 1. The van der Waals surface area contributed by atoms with Gasteiger partial charge in [-0.2, -0.15) is 0 Å². The third-order valence-corrected chi connectivity index (χ3v) is 4.60. The van der Waals surface area contributed by atoms with Crippen molar-refractivity contribution in [2.75, 3.05) is 11.5 Å². The van der Waals surface area contributed by atoms with Gasteiger partial charge in [-0.25, -0.2) is 0 Å². The highest BCUT2D eigenvalue weighted by Gasteiger charge is 2.13. The molecule has 0 aromatic heterocycles. The standard InChI is InChI=1S/C19H29N2O/c20-17-12-11-16(19(21)14-17)13-18(22)10-6-2-5-9-15-7-3-1-4-8-15/h11-12,14H,1-10,13,20-21H2. The van der Waals surface area contributed by atoms with E-state index in [1.54, 1.807) is 18.1 Å². The Labute approximate surface area is 134 Å². The van der Waals surface area contributed by atoms with Crippen LogP contribution in [0.3, 0.4) is 0 Å². The summed E-state index contributed by atoms with van der Waals surface area (Å²) in [4.78, 5) is 12.0. The van der Waals surface area contributed by atoms with Crippen molar-refractivity contribution in [2.45, 2.75) is 70.6 Å². The van der Waals surface area contributed by atoms with Crippen molar-refractivity contribution in [2.24, 2.45) is 0 Å². The van der Waals surface area contributed by atoms with Gasteiger partial charge in [-0.3, -0.25) is 4.79 Å². The molecule has 1 aliphatic rings. The Kier molecular flexibility index (Phi) is 6.75. The van der Waals surface area contributed by atoms with Gasteiger partial charge in [-0.05, 0) is 49.3 Å². The Bertz CT molecular complexity index is 478. The van der Waals surface area contributed by atoms with Crippen LogP contribution < -0.4 is 11.5 Å². The number of hydrogen-bond donors (Lipinski definition) is 2. The molecule has 3 heteroatoms. The molecule has 121 valence electrons. The van der Waals surface area contributed by atoms with Gasteiger partial charge in [0.15, 0.2) is 0 Å². The highest BCUT2D eigenvalue weighted by Crippen LogP contribution is 2.29. The average molecular weight is 301 g/mol. The highest BCUT2D eigenvalue weighted by atomic mass is 16.1. The van der Waals surface area contributed by atoms with E-state index < -0.39 is 0 Å². The van der Waals surface area contributed by atoms with Crippen LogP contribution in [-0.4, -0.2) is 5.78 Å². The summed E-state index contributed by atoms with van der Waals surface area (Å²) in [6, 6.07) is 5.40. The molecular weight excluding hydrogens is 272 g/mol. The molecule has 4 N–H and O–H groups in total. The zero-order valence-electron chi connectivity index (χ0n) is 13.6. The molecule has 2 rings (SSSR count). The first-order valence-corrected chi connectivity index (χ1v) is 8.64. The van der Waals surface area contributed by atoms with E-state index in [2.05, 4.69) is 0 Å². The van der Waals surface area contributed by atoms with E-state index in [4.69, 9.17) is 11.5 Å². The van der Waals surface area contributed by atoms with Gasteiger partial charge in [0, 0.05) is 24.2 Å². The second kappa shape index (κ2) is 8.82. The zero-order valence-corrected chi connectivity index (χ0v) is 13.6. The van der Waals surface area contributed by atoms with Crippen molar-refractivity contribution in [3.05, 3.63) is 29.7 Å². The molecule has 3 nitrogen and oxygen atoms in total. The van der Waals surface area contributed by atoms with Crippen LogP contribution in [0.5, 0.6) is 0 Å². The van der Waals surface area contributed by atoms with E-state index in [1.165, 1.54) is 44.9 Å². The van der Waals surface area contributed by atoms with Crippen molar-refractivity contribution in [3.63, 3.8) is 0 Å². The van der Waals surface area contributed by atoms with Gasteiger partial charge in [-0.1, -0.05) is 38.2 Å². The predicted octanol–water partition coefficient (Wildman–Crippen LogP) is 4.45. The van der Waals surface area contributed by atoms with E-state index in [-0.39, 0.29) is 5.78 Å². The minimum Gasteiger partial charge on any atom is -0.399 e. The molecule has 0 heterocycles. The van der Waals surface area contributed by atoms with E-state index in [9.17, 15) is 4.79 Å². The molecule has 22 heavy (non-hydrogen) atoms. The first-order chi connectivity index (χ1) is 10.6. The summed E-state index contributed by atoms with van der Waals surface area (Å²) in [5.41, 5.74) is 13.7. The number of nitrogen functional groups attached to an aromatic ring is 2. The first kappa shape index (κ1) is 16.9. The molecular formula is C19H29N2O. The second-order valence-corrected chi connectivity index (χ2v) is 6.55. The molecule has 1 radical (unpaired) electrons. The normalized spacial score (nSPS) is 15.8. The van der Waals surface area contributed by atoms with Gasteiger partial charge in [-0.15, -0.1) is 0 Å². The van der Waals surface area contributed by atoms with Crippen LogP contribution in [0.25, 0.3) is 0 Å². The highest BCUT2D eigenvalue weighted by molar-refractivity contribution is 5.82. The van der Waals surface area contributed by atoms with Crippen LogP contribution in [0.2, 0.25) is 0 Å². The lowest BCUT2D eigenvalue weighted by Gasteiger charge is -2.20. The number of anilines is 2. The second-order valence-electron chi connectivity index (χ2n) is 6.55. The van der Waals surface area contributed by atoms with Crippen LogP contribution >= 0.6 is 0 Å². The fourth-order valence-corrected chi connectivity index (χ4v) is 3.25. The fourth-order valence-electron chi connectivity index (χ4n) is 3.25. The monoisotopic (exact) mass is 301 g/mol. The molecule has 0 aliphatic heterocycles. The Morgan fingerprint density at radius 1 is 1.00 bits per heavy atom. The van der Waals surface area contributed by atoms with Crippen LogP contribution in [0.1, 0.15) is 69.8 Å². The van der Waals surface area contributed by atoms with Gasteiger partial charge in [0.05, 0.1) is 0 Å². The lowest BCUT2D eigenvalue weighted by molar-refractivity contribution is -0.118. The Balaban J connectivity index is 1.59. The molecule has 1 aromatic carbocycles. The summed E-state index contributed by atoms with van der Waals surface area (Å²) in [6.07, 6.45) is 12.6. The topological polar surface area (TPSA) is 69.1 Å². The van der Waals surface area contributed by atoms with Crippen LogP contribution in [-0.2, 0) is 11.2 Å². The van der Waals surface area contributed by atoms with Crippen molar-refractivity contribution < 1.29 is 4.79 Å². The maximum absolute atomic E-state index is 12.0. The third kappa shape index (κ3) is 5.70. The SMILES string of the molecule is Nc1ccc(CC(=O)CCCCC[C]2CCCCC2)c(N)c1. The van der Waals surface area contributed by atoms with Gasteiger partial charge in [0.2, 0.25) is 0 Å². The van der Waals surface area contributed by atoms with E-state index in [0.29, 0.717) is 24.2 Å². The number of rotatable bonds is 8. The van der Waals surface area contributed by atoms with Crippen LogP contribution in [0, 0.1) is 5.92 Å². The lowest BCUT2D eigenvalue weighted by Crippen LogP contribution is -2.06. The quantitative estimate of drug-likeness (QED) is 0.550. The van der Waals surface area contributed by atoms with Gasteiger partial charge in [0.1, 0.15) is 5.78 Å². The largest absolute Gasteiger partial charge is 0.399 e. The van der Waals surface area contributed by atoms with Crippen LogP contribution in [0.4, 0.5) is 11.4 Å².